The molecule has 3 aromatic rings. The first-order valence-electron chi connectivity index (χ1n) is 9.28. The lowest BCUT2D eigenvalue weighted by Gasteiger charge is -2.13. The van der Waals surface area contributed by atoms with E-state index in [0.717, 1.165) is 12.1 Å². The Balaban J connectivity index is 1.80. The Kier molecular flexibility index (Phi) is 6.23. The van der Waals surface area contributed by atoms with Crippen LogP contribution in [-0.2, 0) is 0 Å². The Morgan fingerprint density at radius 2 is 1.97 bits per heavy atom. The third kappa shape index (κ3) is 4.78. The molecule has 0 bridgehead atoms. The zero-order valence-corrected chi connectivity index (χ0v) is 16.6. The summed E-state index contributed by atoms with van der Waals surface area (Å²) in [5, 5.41) is 8.35. The van der Waals surface area contributed by atoms with Crippen LogP contribution in [-0.4, -0.2) is 35.6 Å². The number of anilines is 2. The van der Waals surface area contributed by atoms with E-state index in [2.05, 4.69) is 25.9 Å². The number of pyridine rings is 2. The van der Waals surface area contributed by atoms with E-state index in [9.17, 15) is 9.59 Å². The lowest BCUT2D eigenvalue weighted by molar-refractivity contribution is 0.0950. The molecule has 29 heavy (non-hydrogen) atoms. The number of methoxy groups -OCH3 is 1. The summed E-state index contributed by atoms with van der Waals surface area (Å²) >= 11 is 0. The number of carbonyl (C=O) groups is 2. The average Bonchev–Trinajstić information content (AvgIpc) is 2.71. The minimum absolute atomic E-state index is 0.257. The van der Waals surface area contributed by atoms with Gasteiger partial charge in [-0.15, -0.1) is 0 Å². The van der Waals surface area contributed by atoms with Crippen LogP contribution in [0.4, 0.5) is 16.2 Å². The van der Waals surface area contributed by atoms with Crippen LogP contribution in [0.3, 0.4) is 0 Å². The second kappa shape index (κ2) is 9.01. The standard InChI is InChI=1S/C21H23N5O3/c1-4-9-23-20(27)15-12-14(7-8-18(15)29-3)25-21(28)26-17-11-13(2)24-16-6-5-10-22-19(16)17/h5-8,10-12H,4,9H2,1-3H3,(H,23,27)(H2,24,25,26,28). The molecule has 0 radical (unpaired) electrons. The van der Waals surface area contributed by atoms with Gasteiger partial charge in [-0.05, 0) is 49.7 Å². The summed E-state index contributed by atoms with van der Waals surface area (Å²) in [4.78, 5) is 33.6. The number of amides is 3. The molecule has 0 fully saturated rings. The molecule has 0 saturated heterocycles. The molecule has 0 aliphatic rings. The summed E-state index contributed by atoms with van der Waals surface area (Å²) in [5.41, 5.74) is 3.43. The van der Waals surface area contributed by atoms with Gasteiger partial charge in [-0.1, -0.05) is 6.92 Å². The van der Waals surface area contributed by atoms with Crippen molar-refractivity contribution in [1.82, 2.24) is 15.3 Å². The molecule has 0 unspecified atom stereocenters. The fourth-order valence-corrected chi connectivity index (χ4v) is 2.87. The van der Waals surface area contributed by atoms with Gasteiger partial charge in [0.15, 0.2) is 0 Å². The van der Waals surface area contributed by atoms with Crippen molar-refractivity contribution in [2.24, 2.45) is 0 Å². The highest BCUT2D eigenvalue weighted by molar-refractivity contribution is 6.05. The van der Waals surface area contributed by atoms with Crippen molar-refractivity contribution in [3.05, 3.63) is 53.9 Å². The fraction of sp³-hybridized carbons (Fsp3) is 0.238. The van der Waals surface area contributed by atoms with Crippen molar-refractivity contribution in [3.8, 4) is 5.75 Å². The first-order chi connectivity index (χ1) is 14.0. The number of benzene rings is 1. The first kappa shape index (κ1) is 20.1. The van der Waals surface area contributed by atoms with E-state index in [1.54, 1.807) is 36.5 Å². The molecule has 0 aliphatic heterocycles. The van der Waals surface area contributed by atoms with Crippen LogP contribution < -0.4 is 20.7 Å². The summed E-state index contributed by atoms with van der Waals surface area (Å²) < 4.78 is 5.26. The van der Waals surface area contributed by atoms with E-state index in [1.807, 2.05) is 19.9 Å². The van der Waals surface area contributed by atoms with E-state index in [4.69, 9.17) is 4.74 Å². The second-order valence-electron chi connectivity index (χ2n) is 6.43. The number of rotatable bonds is 6. The predicted molar refractivity (Wildman–Crippen MR) is 113 cm³/mol. The highest BCUT2D eigenvalue weighted by Gasteiger charge is 2.14. The summed E-state index contributed by atoms with van der Waals surface area (Å²) in [6, 6.07) is 9.83. The number of ether oxygens (including phenoxy) is 1. The third-order valence-electron chi connectivity index (χ3n) is 4.18. The van der Waals surface area contributed by atoms with Gasteiger partial charge in [0.2, 0.25) is 0 Å². The molecule has 3 N–H and O–H groups in total. The zero-order chi connectivity index (χ0) is 20.8. The van der Waals surface area contributed by atoms with Crippen molar-refractivity contribution in [3.63, 3.8) is 0 Å². The van der Waals surface area contributed by atoms with E-state index < -0.39 is 6.03 Å². The minimum atomic E-state index is -0.451. The summed E-state index contributed by atoms with van der Waals surface area (Å²) in [7, 11) is 1.50. The van der Waals surface area contributed by atoms with Crippen LogP contribution in [0.2, 0.25) is 0 Å². The van der Waals surface area contributed by atoms with E-state index in [0.29, 0.717) is 40.3 Å². The van der Waals surface area contributed by atoms with Crippen LogP contribution >= 0.6 is 0 Å². The topological polar surface area (TPSA) is 105 Å². The van der Waals surface area contributed by atoms with Gasteiger partial charge in [0.05, 0.1) is 23.9 Å². The normalized spacial score (nSPS) is 10.4. The number of hydrogen-bond acceptors (Lipinski definition) is 5. The fourth-order valence-electron chi connectivity index (χ4n) is 2.87. The van der Waals surface area contributed by atoms with Gasteiger partial charge in [-0.2, -0.15) is 0 Å². The number of carbonyl (C=O) groups excluding carboxylic acids is 2. The summed E-state index contributed by atoms with van der Waals surface area (Å²) in [6.45, 7) is 4.38. The maximum absolute atomic E-state index is 12.5. The lowest BCUT2D eigenvalue weighted by atomic mass is 10.1. The van der Waals surface area contributed by atoms with Gasteiger partial charge in [0.25, 0.3) is 5.91 Å². The molecule has 0 atom stereocenters. The molecule has 1 aromatic carbocycles. The molecule has 0 aliphatic carbocycles. The second-order valence-corrected chi connectivity index (χ2v) is 6.43. The van der Waals surface area contributed by atoms with Crippen LogP contribution in [0.1, 0.15) is 29.4 Å². The Morgan fingerprint density at radius 3 is 2.72 bits per heavy atom. The molecular formula is C21H23N5O3. The molecule has 8 nitrogen and oxygen atoms in total. The van der Waals surface area contributed by atoms with Gasteiger partial charge in [0.1, 0.15) is 11.3 Å². The van der Waals surface area contributed by atoms with Crippen molar-refractivity contribution in [2.75, 3.05) is 24.3 Å². The highest BCUT2D eigenvalue weighted by atomic mass is 16.5. The van der Waals surface area contributed by atoms with Crippen molar-refractivity contribution < 1.29 is 14.3 Å². The monoisotopic (exact) mass is 393 g/mol. The number of fused-ring (bicyclic) bond motifs is 1. The minimum Gasteiger partial charge on any atom is -0.496 e. The molecular weight excluding hydrogens is 370 g/mol. The van der Waals surface area contributed by atoms with Gasteiger partial charge in [0, 0.05) is 24.1 Å². The molecule has 150 valence electrons. The van der Waals surface area contributed by atoms with Crippen LogP contribution in [0.15, 0.2) is 42.6 Å². The molecule has 3 amide bonds. The largest absolute Gasteiger partial charge is 0.496 e. The number of hydrogen-bond donors (Lipinski definition) is 3. The van der Waals surface area contributed by atoms with Gasteiger partial charge in [-0.25, -0.2) is 4.79 Å². The van der Waals surface area contributed by atoms with E-state index in [-0.39, 0.29) is 5.91 Å². The third-order valence-corrected chi connectivity index (χ3v) is 4.18. The van der Waals surface area contributed by atoms with E-state index >= 15 is 0 Å². The van der Waals surface area contributed by atoms with E-state index in [1.165, 1.54) is 7.11 Å². The smallest absolute Gasteiger partial charge is 0.323 e. The van der Waals surface area contributed by atoms with Crippen LogP contribution in [0, 0.1) is 6.92 Å². The molecule has 8 heteroatoms. The Morgan fingerprint density at radius 1 is 1.14 bits per heavy atom. The molecule has 2 heterocycles. The number of nitrogens with zero attached hydrogens (tertiary/aromatic N) is 2. The number of aromatic nitrogens is 2. The quantitative estimate of drug-likeness (QED) is 0.592. The summed E-state index contributed by atoms with van der Waals surface area (Å²) in [5.74, 6) is 0.178. The Bertz CT molecular complexity index is 1050. The molecule has 0 spiro atoms. The Labute approximate surface area is 168 Å². The van der Waals surface area contributed by atoms with Crippen molar-refractivity contribution in [2.45, 2.75) is 20.3 Å². The maximum Gasteiger partial charge on any atom is 0.323 e. The lowest BCUT2D eigenvalue weighted by Crippen LogP contribution is -2.25. The SMILES string of the molecule is CCCNC(=O)c1cc(NC(=O)Nc2cc(C)nc3cccnc23)ccc1OC. The number of aryl methyl sites for hydroxylation is 1. The van der Waals surface area contributed by atoms with Crippen molar-refractivity contribution >= 4 is 34.3 Å². The number of nitrogens with one attached hydrogen (secondary N) is 3. The zero-order valence-electron chi connectivity index (χ0n) is 16.6. The molecule has 0 saturated carbocycles. The molecule has 3 rings (SSSR count). The predicted octanol–water partition coefficient (Wildman–Crippen LogP) is 3.73. The summed E-state index contributed by atoms with van der Waals surface area (Å²) in [6.07, 6.45) is 2.47. The molecule has 2 aromatic heterocycles. The van der Waals surface area contributed by atoms with Crippen LogP contribution in [0.25, 0.3) is 11.0 Å². The van der Waals surface area contributed by atoms with Crippen molar-refractivity contribution in [1.29, 1.82) is 0 Å². The number of urea groups is 1. The highest BCUT2D eigenvalue weighted by Crippen LogP contribution is 2.24. The van der Waals surface area contributed by atoms with Gasteiger partial charge < -0.3 is 20.7 Å². The van der Waals surface area contributed by atoms with Crippen LogP contribution in [0.5, 0.6) is 5.75 Å². The van der Waals surface area contributed by atoms with Gasteiger partial charge in [-0.3, -0.25) is 14.8 Å². The average molecular weight is 393 g/mol. The first-order valence-corrected chi connectivity index (χ1v) is 9.28. The Hall–Kier alpha value is -3.68. The maximum atomic E-state index is 12.5. The van der Waals surface area contributed by atoms with Gasteiger partial charge >= 0.3 is 6.03 Å².